The quantitative estimate of drug-likeness (QED) is 0.863. The lowest BCUT2D eigenvalue weighted by Crippen LogP contribution is -2.32. The number of hydrogen-bond acceptors (Lipinski definition) is 3. The monoisotopic (exact) mass is 252 g/mol. The van der Waals surface area contributed by atoms with Gasteiger partial charge < -0.3 is 5.32 Å². The van der Waals surface area contributed by atoms with Crippen molar-refractivity contribution in [1.82, 2.24) is 10.3 Å². The first-order valence-electron chi connectivity index (χ1n) is 6.98. The third kappa shape index (κ3) is 3.78. The van der Waals surface area contributed by atoms with Crippen molar-refractivity contribution < 1.29 is 0 Å². The maximum Gasteiger partial charge on any atom is 0.0926 e. The molecule has 2 nitrogen and oxygen atoms in total. The molecular weight excluding hydrogens is 228 g/mol. The molecule has 0 radical (unpaired) electrons. The first kappa shape index (κ1) is 13.0. The molecule has 2 rings (SSSR count). The lowest BCUT2D eigenvalue weighted by atomic mass is 9.84. The molecule has 1 saturated carbocycles. The van der Waals surface area contributed by atoms with E-state index >= 15 is 0 Å². The van der Waals surface area contributed by atoms with Gasteiger partial charge in [0.1, 0.15) is 0 Å². The van der Waals surface area contributed by atoms with Gasteiger partial charge in [-0.15, -0.1) is 11.3 Å². The fraction of sp³-hybridized carbons (Fsp3) is 0.786. The van der Waals surface area contributed by atoms with Crippen LogP contribution in [0.15, 0.2) is 5.38 Å². The van der Waals surface area contributed by atoms with E-state index in [0.29, 0.717) is 0 Å². The molecule has 0 aromatic carbocycles. The maximum absolute atomic E-state index is 4.60. The standard InChI is InChI=1S/C14H24N2S/c1-3-11-5-7-12(8-6-11)15-9-13-10-17-14(4-2)16-13/h10-12,15H,3-9H2,1-2H3. The largest absolute Gasteiger partial charge is 0.308 e. The Morgan fingerprint density at radius 1 is 1.29 bits per heavy atom. The number of hydrogen-bond donors (Lipinski definition) is 1. The Balaban J connectivity index is 1.72. The van der Waals surface area contributed by atoms with Crippen LogP contribution in [0.2, 0.25) is 0 Å². The third-order valence-electron chi connectivity index (χ3n) is 3.90. The van der Waals surface area contributed by atoms with Crippen molar-refractivity contribution in [2.24, 2.45) is 5.92 Å². The number of nitrogens with one attached hydrogen (secondary N) is 1. The van der Waals surface area contributed by atoms with E-state index in [4.69, 9.17) is 0 Å². The van der Waals surface area contributed by atoms with E-state index in [1.807, 2.05) is 0 Å². The van der Waals surface area contributed by atoms with Gasteiger partial charge in [-0.3, -0.25) is 0 Å². The van der Waals surface area contributed by atoms with Gasteiger partial charge in [-0.05, 0) is 38.0 Å². The first-order valence-corrected chi connectivity index (χ1v) is 7.86. The molecule has 1 aromatic rings. The van der Waals surface area contributed by atoms with Crippen LogP contribution in [0.25, 0.3) is 0 Å². The maximum atomic E-state index is 4.60. The van der Waals surface area contributed by atoms with E-state index in [1.165, 1.54) is 42.8 Å². The molecule has 1 fully saturated rings. The second-order valence-electron chi connectivity index (χ2n) is 5.09. The first-order chi connectivity index (χ1) is 8.31. The van der Waals surface area contributed by atoms with Gasteiger partial charge in [0, 0.05) is 18.0 Å². The molecule has 1 aliphatic carbocycles. The Kier molecular flexibility index (Phi) is 4.99. The van der Waals surface area contributed by atoms with E-state index in [-0.39, 0.29) is 0 Å². The highest BCUT2D eigenvalue weighted by Gasteiger charge is 2.19. The van der Waals surface area contributed by atoms with E-state index in [1.54, 1.807) is 11.3 Å². The molecule has 0 bridgehead atoms. The normalized spacial score (nSPS) is 25.1. The summed E-state index contributed by atoms with van der Waals surface area (Å²) in [6, 6.07) is 0.726. The fourth-order valence-electron chi connectivity index (χ4n) is 2.62. The number of thiazole rings is 1. The zero-order valence-electron chi connectivity index (χ0n) is 11.0. The summed E-state index contributed by atoms with van der Waals surface area (Å²) in [5.41, 5.74) is 1.23. The van der Waals surface area contributed by atoms with Crippen molar-refractivity contribution in [3.8, 4) is 0 Å². The molecule has 0 unspecified atom stereocenters. The van der Waals surface area contributed by atoms with Crippen LogP contribution >= 0.6 is 11.3 Å². The lowest BCUT2D eigenvalue weighted by molar-refractivity contribution is 0.285. The summed E-state index contributed by atoms with van der Waals surface area (Å²) in [6.07, 6.45) is 7.94. The van der Waals surface area contributed by atoms with Gasteiger partial charge in [0.15, 0.2) is 0 Å². The lowest BCUT2D eigenvalue weighted by Gasteiger charge is -2.28. The predicted molar refractivity (Wildman–Crippen MR) is 74.4 cm³/mol. The molecule has 0 amide bonds. The SMILES string of the molecule is CCc1nc(CNC2CCC(CC)CC2)cs1. The van der Waals surface area contributed by atoms with Crippen molar-refractivity contribution >= 4 is 11.3 Å². The van der Waals surface area contributed by atoms with Gasteiger partial charge in [-0.1, -0.05) is 20.3 Å². The van der Waals surface area contributed by atoms with E-state index in [2.05, 4.69) is 29.5 Å². The van der Waals surface area contributed by atoms with Crippen LogP contribution in [0.5, 0.6) is 0 Å². The summed E-state index contributed by atoms with van der Waals surface area (Å²) >= 11 is 1.79. The summed E-state index contributed by atoms with van der Waals surface area (Å²) in [5, 5.41) is 7.12. The van der Waals surface area contributed by atoms with E-state index in [0.717, 1.165) is 24.9 Å². The Morgan fingerprint density at radius 3 is 2.65 bits per heavy atom. The van der Waals surface area contributed by atoms with Crippen LogP contribution in [0.4, 0.5) is 0 Å². The minimum Gasteiger partial charge on any atom is -0.308 e. The molecule has 0 atom stereocenters. The predicted octanol–water partition coefficient (Wildman–Crippen LogP) is 3.76. The van der Waals surface area contributed by atoms with Crippen molar-refractivity contribution in [3.05, 3.63) is 16.1 Å². The van der Waals surface area contributed by atoms with E-state index in [9.17, 15) is 0 Å². The van der Waals surface area contributed by atoms with Gasteiger partial charge >= 0.3 is 0 Å². The minimum atomic E-state index is 0.726. The Labute approximate surface area is 109 Å². The molecule has 0 saturated heterocycles. The van der Waals surface area contributed by atoms with Gasteiger partial charge in [-0.2, -0.15) is 0 Å². The summed E-state index contributed by atoms with van der Waals surface area (Å²) in [4.78, 5) is 4.60. The molecule has 0 aliphatic heterocycles. The second kappa shape index (κ2) is 6.50. The Morgan fingerprint density at radius 2 is 2.06 bits per heavy atom. The Hall–Kier alpha value is -0.410. The van der Waals surface area contributed by atoms with Crippen molar-refractivity contribution in [2.45, 2.75) is 65.0 Å². The zero-order chi connectivity index (χ0) is 12.1. The highest BCUT2D eigenvalue weighted by molar-refractivity contribution is 7.09. The van der Waals surface area contributed by atoms with Crippen LogP contribution in [-0.2, 0) is 13.0 Å². The van der Waals surface area contributed by atoms with Crippen LogP contribution in [-0.4, -0.2) is 11.0 Å². The average molecular weight is 252 g/mol. The topological polar surface area (TPSA) is 24.9 Å². The molecule has 1 N–H and O–H groups in total. The van der Waals surface area contributed by atoms with Crippen LogP contribution in [0, 0.1) is 5.92 Å². The molecular formula is C14H24N2S. The van der Waals surface area contributed by atoms with Crippen LogP contribution < -0.4 is 5.32 Å². The average Bonchev–Trinajstić information content (AvgIpc) is 2.85. The molecule has 1 heterocycles. The number of rotatable bonds is 5. The summed E-state index contributed by atoms with van der Waals surface area (Å²) in [6.45, 7) is 5.44. The fourth-order valence-corrected chi connectivity index (χ4v) is 3.36. The molecule has 17 heavy (non-hydrogen) atoms. The van der Waals surface area contributed by atoms with Gasteiger partial charge in [0.05, 0.1) is 10.7 Å². The molecule has 3 heteroatoms. The van der Waals surface area contributed by atoms with Gasteiger partial charge in [-0.25, -0.2) is 4.98 Å². The van der Waals surface area contributed by atoms with Crippen molar-refractivity contribution in [3.63, 3.8) is 0 Å². The van der Waals surface area contributed by atoms with Crippen molar-refractivity contribution in [1.29, 1.82) is 0 Å². The minimum absolute atomic E-state index is 0.726. The van der Waals surface area contributed by atoms with Crippen molar-refractivity contribution in [2.75, 3.05) is 0 Å². The molecule has 96 valence electrons. The van der Waals surface area contributed by atoms with E-state index < -0.39 is 0 Å². The number of aryl methyl sites for hydroxylation is 1. The number of aromatic nitrogens is 1. The molecule has 0 spiro atoms. The van der Waals surface area contributed by atoms with Gasteiger partial charge in [0.2, 0.25) is 0 Å². The second-order valence-corrected chi connectivity index (χ2v) is 6.04. The van der Waals surface area contributed by atoms with Crippen LogP contribution in [0.3, 0.4) is 0 Å². The highest BCUT2D eigenvalue weighted by Crippen LogP contribution is 2.26. The number of nitrogens with zero attached hydrogens (tertiary/aromatic N) is 1. The molecule has 1 aliphatic rings. The van der Waals surface area contributed by atoms with Crippen LogP contribution in [0.1, 0.15) is 56.7 Å². The Bertz CT molecular complexity index is 327. The summed E-state index contributed by atoms with van der Waals surface area (Å²) < 4.78 is 0. The zero-order valence-corrected chi connectivity index (χ0v) is 11.9. The smallest absolute Gasteiger partial charge is 0.0926 e. The molecule has 1 aromatic heterocycles. The summed E-state index contributed by atoms with van der Waals surface area (Å²) in [7, 11) is 0. The highest BCUT2D eigenvalue weighted by atomic mass is 32.1. The third-order valence-corrected chi connectivity index (χ3v) is 4.94. The van der Waals surface area contributed by atoms with Gasteiger partial charge in [0.25, 0.3) is 0 Å². The summed E-state index contributed by atoms with van der Waals surface area (Å²) in [5.74, 6) is 0.985.